The van der Waals surface area contributed by atoms with Crippen LogP contribution in [-0.2, 0) is 14.8 Å². The molecule has 0 heterocycles. The molecule has 120 valence electrons. The maximum absolute atomic E-state index is 12.1. The van der Waals surface area contributed by atoms with E-state index in [4.69, 9.17) is 10.5 Å². The van der Waals surface area contributed by atoms with Gasteiger partial charge in [0.25, 0.3) is 0 Å². The van der Waals surface area contributed by atoms with Gasteiger partial charge in [0.15, 0.2) is 0 Å². The van der Waals surface area contributed by atoms with Crippen molar-refractivity contribution in [2.75, 3.05) is 51.0 Å². The Bertz CT molecular complexity index is 559. The van der Waals surface area contributed by atoms with Crippen LogP contribution in [0.15, 0.2) is 23.1 Å². The van der Waals surface area contributed by atoms with Crippen molar-refractivity contribution in [2.24, 2.45) is 0 Å². The first kappa shape index (κ1) is 17.7. The fourth-order valence-corrected chi connectivity index (χ4v) is 2.90. The molecule has 1 aromatic carbocycles. The largest absolute Gasteiger partial charge is 0.397 e. The average Bonchev–Trinajstić information content (AvgIpc) is 2.44. The van der Waals surface area contributed by atoms with Gasteiger partial charge in [-0.3, -0.25) is 0 Å². The topological polar surface area (TPSA) is 75.9 Å². The number of likely N-dealkylation sites (N-methyl/N-ethyl adjacent to an activating group) is 1. The van der Waals surface area contributed by atoms with Crippen molar-refractivity contribution in [3.8, 4) is 0 Å². The first-order chi connectivity index (χ1) is 9.84. The molecule has 0 aliphatic heterocycles. The molecule has 0 saturated heterocycles. The fourth-order valence-electron chi connectivity index (χ4n) is 1.96. The second-order valence-electron chi connectivity index (χ2n) is 4.78. The molecule has 0 amide bonds. The smallest absolute Gasteiger partial charge is 0.242 e. The third kappa shape index (κ3) is 4.33. The summed E-state index contributed by atoms with van der Waals surface area (Å²) in [5.74, 6) is 0. The van der Waals surface area contributed by atoms with Gasteiger partial charge in [-0.05, 0) is 32.0 Å². The predicted molar refractivity (Wildman–Crippen MR) is 86.1 cm³/mol. The van der Waals surface area contributed by atoms with E-state index in [9.17, 15) is 8.42 Å². The maximum atomic E-state index is 12.1. The standard InChI is InChI=1S/C14H25N3O3S/c1-5-17(9-10-20-6-2)14-8-7-12(11-13(14)15)21(18,19)16(3)4/h7-8,11H,5-6,9-10,15H2,1-4H3. The molecule has 1 rings (SSSR count). The van der Waals surface area contributed by atoms with Gasteiger partial charge < -0.3 is 15.4 Å². The second-order valence-corrected chi connectivity index (χ2v) is 6.94. The van der Waals surface area contributed by atoms with Crippen LogP contribution in [-0.4, -0.2) is 53.1 Å². The highest BCUT2D eigenvalue weighted by Crippen LogP contribution is 2.27. The lowest BCUT2D eigenvalue weighted by molar-refractivity contribution is 0.154. The zero-order valence-electron chi connectivity index (χ0n) is 13.2. The molecule has 0 saturated carbocycles. The Morgan fingerprint density at radius 1 is 1.24 bits per heavy atom. The number of nitrogens with two attached hydrogens (primary N) is 1. The summed E-state index contributed by atoms with van der Waals surface area (Å²) < 4.78 is 30.7. The number of rotatable bonds is 8. The summed E-state index contributed by atoms with van der Waals surface area (Å²) >= 11 is 0. The molecule has 0 radical (unpaired) electrons. The molecule has 0 bridgehead atoms. The molecule has 1 aromatic rings. The van der Waals surface area contributed by atoms with Crippen LogP contribution in [0.4, 0.5) is 11.4 Å². The van der Waals surface area contributed by atoms with E-state index in [2.05, 4.69) is 4.90 Å². The van der Waals surface area contributed by atoms with Gasteiger partial charge in [-0.15, -0.1) is 0 Å². The molecule has 0 atom stereocenters. The summed E-state index contributed by atoms with van der Waals surface area (Å²) in [5, 5.41) is 0. The minimum Gasteiger partial charge on any atom is -0.397 e. The molecule has 2 N–H and O–H groups in total. The number of hydrogen-bond donors (Lipinski definition) is 1. The summed E-state index contributed by atoms with van der Waals surface area (Å²) in [7, 11) is -0.460. The SMILES string of the molecule is CCOCCN(CC)c1ccc(S(=O)(=O)N(C)C)cc1N. The number of benzene rings is 1. The number of nitrogens with zero attached hydrogens (tertiary/aromatic N) is 2. The van der Waals surface area contributed by atoms with Crippen molar-refractivity contribution in [3.05, 3.63) is 18.2 Å². The van der Waals surface area contributed by atoms with Crippen molar-refractivity contribution < 1.29 is 13.2 Å². The molecule has 7 heteroatoms. The van der Waals surface area contributed by atoms with E-state index in [1.54, 1.807) is 12.1 Å². The quantitative estimate of drug-likeness (QED) is 0.579. The summed E-state index contributed by atoms with van der Waals surface area (Å²) in [5.41, 5.74) is 7.32. The van der Waals surface area contributed by atoms with E-state index in [-0.39, 0.29) is 4.90 Å². The van der Waals surface area contributed by atoms with Gasteiger partial charge in [-0.2, -0.15) is 0 Å². The Hall–Kier alpha value is -1.31. The molecule has 6 nitrogen and oxygen atoms in total. The summed E-state index contributed by atoms with van der Waals surface area (Å²) in [6.45, 7) is 6.75. The van der Waals surface area contributed by atoms with Gasteiger partial charge in [-0.25, -0.2) is 12.7 Å². The predicted octanol–water partition coefficient (Wildman–Crippen LogP) is 1.38. The summed E-state index contributed by atoms with van der Waals surface area (Å²) in [6.07, 6.45) is 0. The highest BCUT2D eigenvalue weighted by molar-refractivity contribution is 7.89. The average molecular weight is 315 g/mol. The first-order valence-electron chi connectivity index (χ1n) is 6.99. The summed E-state index contributed by atoms with van der Waals surface area (Å²) in [4.78, 5) is 2.27. The zero-order valence-corrected chi connectivity index (χ0v) is 14.0. The van der Waals surface area contributed by atoms with Gasteiger partial charge >= 0.3 is 0 Å². The van der Waals surface area contributed by atoms with Crippen LogP contribution < -0.4 is 10.6 Å². The minimum absolute atomic E-state index is 0.203. The highest BCUT2D eigenvalue weighted by atomic mass is 32.2. The number of ether oxygens (including phenoxy) is 1. The molecular weight excluding hydrogens is 290 g/mol. The van der Waals surface area contributed by atoms with E-state index in [0.717, 1.165) is 12.2 Å². The molecule has 0 aromatic heterocycles. The Balaban J connectivity index is 3.01. The molecule has 0 aliphatic carbocycles. The van der Waals surface area contributed by atoms with Crippen LogP contribution >= 0.6 is 0 Å². The van der Waals surface area contributed by atoms with Crippen LogP contribution in [0.3, 0.4) is 0 Å². The monoisotopic (exact) mass is 315 g/mol. The van der Waals surface area contributed by atoms with Gasteiger partial charge in [0.05, 0.1) is 22.9 Å². The molecule has 0 spiro atoms. The number of nitrogen functional groups attached to an aromatic ring is 1. The molecule has 0 aliphatic rings. The van der Waals surface area contributed by atoms with E-state index in [1.807, 2.05) is 13.8 Å². The number of sulfonamides is 1. The molecule has 0 fully saturated rings. The normalized spacial score (nSPS) is 11.9. The van der Waals surface area contributed by atoms with E-state index < -0.39 is 10.0 Å². The molecule has 21 heavy (non-hydrogen) atoms. The van der Waals surface area contributed by atoms with Crippen LogP contribution in [0.2, 0.25) is 0 Å². The lowest BCUT2D eigenvalue weighted by Crippen LogP contribution is -2.28. The Labute approximate surface area is 127 Å². The first-order valence-corrected chi connectivity index (χ1v) is 8.43. The maximum Gasteiger partial charge on any atom is 0.242 e. The summed E-state index contributed by atoms with van der Waals surface area (Å²) in [6, 6.07) is 4.85. The van der Waals surface area contributed by atoms with Gasteiger partial charge in [-0.1, -0.05) is 0 Å². The van der Waals surface area contributed by atoms with Crippen LogP contribution in [0.5, 0.6) is 0 Å². The minimum atomic E-state index is -3.46. The lowest BCUT2D eigenvalue weighted by atomic mass is 10.2. The van der Waals surface area contributed by atoms with E-state index in [1.165, 1.54) is 24.5 Å². The number of hydrogen-bond acceptors (Lipinski definition) is 5. The van der Waals surface area contributed by atoms with Gasteiger partial charge in [0.1, 0.15) is 0 Å². The number of anilines is 2. The Kier molecular flexibility index (Phi) is 6.44. The third-order valence-corrected chi connectivity index (χ3v) is 5.02. The van der Waals surface area contributed by atoms with Crippen molar-refractivity contribution >= 4 is 21.4 Å². The van der Waals surface area contributed by atoms with Crippen LogP contribution in [0, 0.1) is 0 Å². The van der Waals surface area contributed by atoms with E-state index in [0.29, 0.717) is 25.4 Å². The van der Waals surface area contributed by atoms with E-state index >= 15 is 0 Å². The van der Waals surface area contributed by atoms with Crippen LogP contribution in [0.1, 0.15) is 13.8 Å². The van der Waals surface area contributed by atoms with Crippen molar-refractivity contribution in [2.45, 2.75) is 18.7 Å². The van der Waals surface area contributed by atoms with Crippen molar-refractivity contribution in [3.63, 3.8) is 0 Å². The molecular formula is C14H25N3O3S. The van der Waals surface area contributed by atoms with Crippen molar-refractivity contribution in [1.82, 2.24) is 4.31 Å². The zero-order chi connectivity index (χ0) is 16.0. The van der Waals surface area contributed by atoms with Crippen molar-refractivity contribution in [1.29, 1.82) is 0 Å². The molecule has 0 unspecified atom stereocenters. The van der Waals surface area contributed by atoms with Gasteiger partial charge in [0.2, 0.25) is 10.0 Å². The Morgan fingerprint density at radius 3 is 2.38 bits per heavy atom. The van der Waals surface area contributed by atoms with Gasteiger partial charge in [0, 0.05) is 33.8 Å². The lowest BCUT2D eigenvalue weighted by Gasteiger charge is -2.25. The van der Waals surface area contributed by atoms with Crippen LogP contribution in [0.25, 0.3) is 0 Å². The highest BCUT2D eigenvalue weighted by Gasteiger charge is 2.19. The Morgan fingerprint density at radius 2 is 1.90 bits per heavy atom. The fraction of sp³-hybridized carbons (Fsp3) is 0.571. The third-order valence-electron chi connectivity index (χ3n) is 3.21. The second kappa shape index (κ2) is 7.63.